The summed E-state index contributed by atoms with van der Waals surface area (Å²) in [6.45, 7) is 2.80. The van der Waals surface area contributed by atoms with Crippen LogP contribution in [-0.2, 0) is 20.1 Å². The highest BCUT2D eigenvalue weighted by molar-refractivity contribution is 6.26. The van der Waals surface area contributed by atoms with Crippen LogP contribution >= 0.6 is 0 Å². The zero-order valence-corrected chi connectivity index (χ0v) is 18.6. The molecule has 0 unspecified atom stereocenters. The maximum absolute atomic E-state index is 13.2. The van der Waals surface area contributed by atoms with Crippen LogP contribution in [0.3, 0.4) is 0 Å². The average molecular weight is 444 g/mol. The van der Waals surface area contributed by atoms with Crippen LogP contribution in [0.4, 0.5) is 5.69 Å². The van der Waals surface area contributed by atoms with E-state index in [1.54, 1.807) is 6.20 Å². The minimum absolute atomic E-state index is 0.214. The first-order valence-corrected chi connectivity index (χ1v) is 11.2. The Morgan fingerprint density at radius 3 is 2.52 bits per heavy atom. The first-order chi connectivity index (χ1) is 16.1. The lowest BCUT2D eigenvalue weighted by molar-refractivity contribution is -0.671. The molecule has 0 saturated carbocycles. The van der Waals surface area contributed by atoms with Crippen molar-refractivity contribution in [2.24, 2.45) is 7.05 Å². The van der Waals surface area contributed by atoms with Crippen molar-refractivity contribution in [3.63, 3.8) is 0 Å². The van der Waals surface area contributed by atoms with E-state index >= 15 is 0 Å². The lowest BCUT2D eigenvalue weighted by Crippen LogP contribution is -2.41. The molecule has 0 fully saturated rings. The van der Waals surface area contributed by atoms with Gasteiger partial charge >= 0.3 is 0 Å². The monoisotopic (exact) mass is 443 g/mol. The Morgan fingerprint density at radius 2 is 1.76 bits per heavy atom. The number of nitrogens with zero attached hydrogens (tertiary/aromatic N) is 5. The molecule has 0 bridgehead atoms. The second-order valence-electron chi connectivity index (χ2n) is 8.40. The van der Waals surface area contributed by atoms with Gasteiger partial charge in [-0.2, -0.15) is 0 Å². The number of hydrogen-bond acceptors (Lipinski definition) is 4. The highest BCUT2D eigenvalue weighted by atomic mass is 16.2. The Morgan fingerprint density at radius 1 is 0.939 bits per heavy atom. The van der Waals surface area contributed by atoms with E-state index in [1.165, 1.54) is 4.90 Å². The van der Waals surface area contributed by atoms with E-state index in [4.69, 9.17) is 0 Å². The SMILES string of the molecule is C[n+]1ccn(CCCN2C(=O)c3cccc4c(NCCCn5ccnc5)ccc(c34)C2=O)c1. The molecule has 3 heterocycles. The van der Waals surface area contributed by atoms with Crippen LogP contribution in [0.2, 0.25) is 0 Å². The van der Waals surface area contributed by atoms with E-state index < -0.39 is 0 Å². The number of aryl methyl sites for hydroxylation is 3. The summed E-state index contributed by atoms with van der Waals surface area (Å²) < 4.78 is 6.07. The molecule has 1 aliphatic rings. The lowest BCUT2D eigenvalue weighted by Gasteiger charge is -2.27. The number of benzene rings is 2. The van der Waals surface area contributed by atoms with Gasteiger partial charge in [0.05, 0.1) is 19.9 Å². The molecule has 0 radical (unpaired) electrons. The van der Waals surface area contributed by atoms with Crippen LogP contribution in [0, 0.1) is 0 Å². The standard InChI is InChI=1S/C25H26N6O2/c1-28-15-16-30(18-28)12-4-13-31-24(32)20-6-2-5-19-22(8-7-21(23(19)20)25(31)33)27-9-3-11-29-14-10-26-17-29/h2,5-8,10,14-18H,3-4,9,11-13H2,1H3/p+1. The molecule has 4 aromatic rings. The average Bonchev–Trinajstić information content (AvgIpc) is 3.49. The zero-order chi connectivity index (χ0) is 22.8. The number of carbonyl (C=O) groups excluding carboxylic acids is 2. The van der Waals surface area contributed by atoms with E-state index in [0.29, 0.717) is 24.1 Å². The molecule has 1 N–H and O–H groups in total. The van der Waals surface area contributed by atoms with Gasteiger partial charge in [0.15, 0.2) is 0 Å². The van der Waals surface area contributed by atoms with Crippen LogP contribution < -0.4 is 9.88 Å². The predicted molar refractivity (Wildman–Crippen MR) is 125 cm³/mol. The van der Waals surface area contributed by atoms with Crippen molar-refractivity contribution in [3.8, 4) is 0 Å². The maximum Gasteiger partial charge on any atom is 0.261 e. The van der Waals surface area contributed by atoms with Crippen molar-refractivity contribution in [1.82, 2.24) is 19.0 Å². The summed E-state index contributed by atoms with van der Waals surface area (Å²) in [5.74, 6) is -0.429. The van der Waals surface area contributed by atoms with E-state index in [1.807, 2.05) is 77.8 Å². The van der Waals surface area contributed by atoms with E-state index in [0.717, 1.165) is 42.5 Å². The fraction of sp³-hybridized carbons (Fsp3) is 0.280. The van der Waals surface area contributed by atoms with Gasteiger partial charge in [-0.3, -0.25) is 14.5 Å². The molecule has 33 heavy (non-hydrogen) atoms. The molecule has 0 aliphatic carbocycles. The zero-order valence-electron chi connectivity index (χ0n) is 18.6. The molecule has 2 amide bonds. The molecule has 0 atom stereocenters. The Balaban J connectivity index is 1.32. The van der Waals surface area contributed by atoms with Gasteiger partial charge in [-0.25, -0.2) is 14.1 Å². The summed E-state index contributed by atoms with van der Waals surface area (Å²) in [6.07, 6.45) is 13.1. The van der Waals surface area contributed by atoms with Gasteiger partial charge in [-0.1, -0.05) is 12.1 Å². The highest BCUT2D eigenvalue weighted by Crippen LogP contribution is 2.34. The minimum atomic E-state index is -0.214. The van der Waals surface area contributed by atoms with E-state index in [2.05, 4.69) is 14.9 Å². The van der Waals surface area contributed by atoms with Crippen LogP contribution in [0.15, 0.2) is 67.8 Å². The second kappa shape index (κ2) is 8.90. The molecule has 2 aromatic heterocycles. The van der Waals surface area contributed by atoms with E-state index in [9.17, 15) is 9.59 Å². The summed E-state index contributed by atoms with van der Waals surface area (Å²) in [7, 11) is 1.97. The number of rotatable bonds is 9. The molecular weight excluding hydrogens is 416 g/mol. The van der Waals surface area contributed by atoms with Gasteiger partial charge in [0.1, 0.15) is 12.4 Å². The summed E-state index contributed by atoms with van der Waals surface area (Å²) in [4.78, 5) is 31.9. The first-order valence-electron chi connectivity index (χ1n) is 11.2. The molecule has 8 nitrogen and oxygen atoms in total. The second-order valence-corrected chi connectivity index (χ2v) is 8.40. The van der Waals surface area contributed by atoms with Gasteiger partial charge in [-0.15, -0.1) is 0 Å². The molecule has 1 aliphatic heterocycles. The summed E-state index contributed by atoms with van der Waals surface area (Å²) >= 11 is 0. The number of aromatic nitrogens is 4. The molecule has 5 rings (SSSR count). The Kier molecular flexibility index (Phi) is 5.64. The molecule has 168 valence electrons. The van der Waals surface area contributed by atoms with Crippen molar-refractivity contribution >= 4 is 28.3 Å². The normalized spacial score (nSPS) is 13.2. The van der Waals surface area contributed by atoms with Crippen molar-refractivity contribution in [2.45, 2.75) is 25.9 Å². The van der Waals surface area contributed by atoms with Crippen LogP contribution in [0.25, 0.3) is 10.8 Å². The van der Waals surface area contributed by atoms with Crippen molar-refractivity contribution in [1.29, 1.82) is 0 Å². The summed E-state index contributed by atoms with van der Waals surface area (Å²) in [5.41, 5.74) is 2.13. The van der Waals surface area contributed by atoms with Gasteiger partial charge in [0.25, 0.3) is 11.8 Å². The predicted octanol–water partition coefficient (Wildman–Crippen LogP) is 2.85. The summed E-state index contributed by atoms with van der Waals surface area (Å²) in [5, 5.41) is 5.14. The number of hydrogen-bond donors (Lipinski definition) is 1. The molecular formula is C25H27N6O2+. The number of anilines is 1. The van der Waals surface area contributed by atoms with Gasteiger partial charge in [0.2, 0.25) is 6.33 Å². The third kappa shape index (κ3) is 4.11. The Hall–Kier alpha value is -3.94. The van der Waals surface area contributed by atoms with Crippen molar-refractivity contribution in [3.05, 3.63) is 78.9 Å². The van der Waals surface area contributed by atoms with Crippen molar-refractivity contribution < 1.29 is 14.2 Å². The Labute approximate surface area is 192 Å². The number of imide groups is 1. The Bertz CT molecular complexity index is 1290. The number of nitrogens with one attached hydrogen (secondary N) is 1. The number of imidazole rings is 2. The molecule has 0 spiro atoms. The number of amides is 2. The van der Waals surface area contributed by atoms with Crippen molar-refractivity contribution in [2.75, 3.05) is 18.4 Å². The first kappa shape index (κ1) is 20.9. The van der Waals surface area contributed by atoms with Gasteiger partial charge < -0.3 is 9.88 Å². The fourth-order valence-electron chi connectivity index (χ4n) is 4.45. The molecule has 0 saturated heterocycles. The third-order valence-electron chi connectivity index (χ3n) is 6.08. The number of carbonyl (C=O) groups is 2. The third-order valence-corrected chi connectivity index (χ3v) is 6.08. The van der Waals surface area contributed by atoms with Crippen LogP contribution in [0.1, 0.15) is 33.6 Å². The quantitative estimate of drug-likeness (QED) is 0.245. The topological polar surface area (TPSA) is 76.0 Å². The minimum Gasteiger partial charge on any atom is -0.384 e. The highest BCUT2D eigenvalue weighted by Gasteiger charge is 2.33. The fourth-order valence-corrected chi connectivity index (χ4v) is 4.45. The van der Waals surface area contributed by atoms with Gasteiger partial charge in [-0.05, 0) is 24.6 Å². The van der Waals surface area contributed by atoms with Gasteiger partial charge in [0, 0.05) is 66.0 Å². The smallest absolute Gasteiger partial charge is 0.261 e. The summed E-state index contributed by atoms with van der Waals surface area (Å²) in [6, 6.07) is 9.48. The van der Waals surface area contributed by atoms with Crippen LogP contribution in [0.5, 0.6) is 0 Å². The van der Waals surface area contributed by atoms with E-state index in [-0.39, 0.29) is 11.8 Å². The molecule has 8 heteroatoms. The largest absolute Gasteiger partial charge is 0.384 e. The maximum atomic E-state index is 13.2. The lowest BCUT2D eigenvalue weighted by atomic mass is 9.93. The van der Waals surface area contributed by atoms with Crippen LogP contribution in [-0.4, -0.2) is 43.9 Å². The molecule has 2 aromatic carbocycles.